The van der Waals surface area contributed by atoms with Gasteiger partial charge in [0.2, 0.25) is 0 Å². The zero-order valence-corrected chi connectivity index (χ0v) is 11.9. The van der Waals surface area contributed by atoms with E-state index in [0.717, 1.165) is 25.1 Å². The molecular weight excluding hydrogens is 265 g/mol. The van der Waals surface area contributed by atoms with Crippen molar-refractivity contribution in [2.75, 3.05) is 13.1 Å². The van der Waals surface area contributed by atoms with Gasteiger partial charge in [-0.1, -0.05) is 30.3 Å². The number of hydrogen-bond acceptors (Lipinski definition) is 3. The summed E-state index contributed by atoms with van der Waals surface area (Å²) >= 11 is 0. The fourth-order valence-electron chi connectivity index (χ4n) is 2.59. The maximum atomic E-state index is 14.3. The molecule has 0 fully saturated rings. The number of rotatable bonds is 4. The Morgan fingerprint density at radius 3 is 2.52 bits per heavy atom. The van der Waals surface area contributed by atoms with E-state index in [9.17, 15) is 4.39 Å². The van der Waals surface area contributed by atoms with Gasteiger partial charge in [-0.25, -0.2) is 14.4 Å². The van der Waals surface area contributed by atoms with Crippen molar-refractivity contribution in [3.05, 3.63) is 71.6 Å². The number of aromatic nitrogens is 2. The molecular formula is C17H18FN3. The molecule has 1 aliphatic rings. The second-order valence-electron chi connectivity index (χ2n) is 5.30. The highest BCUT2D eigenvalue weighted by molar-refractivity contribution is 5.19. The topological polar surface area (TPSA) is 29.0 Å². The van der Waals surface area contributed by atoms with Crippen LogP contribution in [-0.4, -0.2) is 28.0 Å². The minimum absolute atomic E-state index is 0.0235. The van der Waals surface area contributed by atoms with Crippen LogP contribution in [0.25, 0.3) is 0 Å². The van der Waals surface area contributed by atoms with Crippen LogP contribution >= 0.6 is 0 Å². The molecule has 21 heavy (non-hydrogen) atoms. The summed E-state index contributed by atoms with van der Waals surface area (Å²) in [5.74, 6) is 0.670. The highest BCUT2D eigenvalue weighted by Crippen LogP contribution is 2.22. The van der Waals surface area contributed by atoms with Gasteiger partial charge >= 0.3 is 0 Å². The summed E-state index contributed by atoms with van der Waals surface area (Å²) in [4.78, 5) is 10.5. The summed E-state index contributed by atoms with van der Waals surface area (Å²) in [6, 6.07) is 12.0. The fourth-order valence-corrected chi connectivity index (χ4v) is 2.59. The third-order valence-corrected chi connectivity index (χ3v) is 3.72. The van der Waals surface area contributed by atoms with Crippen LogP contribution in [0.5, 0.6) is 0 Å². The molecule has 0 unspecified atom stereocenters. The number of benzene rings is 1. The Kier molecular flexibility index (Phi) is 4.36. The first-order chi connectivity index (χ1) is 10.3. The zero-order valence-electron chi connectivity index (χ0n) is 11.9. The molecule has 1 aliphatic heterocycles. The molecule has 4 heteroatoms. The lowest BCUT2D eigenvalue weighted by Gasteiger charge is -2.27. The van der Waals surface area contributed by atoms with Crippen molar-refractivity contribution in [2.45, 2.75) is 19.4 Å². The molecule has 1 aromatic carbocycles. The maximum Gasteiger partial charge on any atom is 0.132 e. The third-order valence-electron chi connectivity index (χ3n) is 3.72. The van der Waals surface area contributed by atoms with Crippen LogP contribution in [0.3, 0.4) is 0 Å². The predicted molar refractivity (Wildman–Crippen MR) is 80.2 cm³/mol. The number of halogens is 1. The summed E-state index contributed by atoms with van der Waals surface area (Å²) in [6.07, 6.45) is 4.67. The summed E-state index contributed by atoms with van der Waals surface area (Å²) in [5, 5.41) is 0. The van der Waals surface area contributed by atoms with E-state index in [-0.39, 0.29) is 5.83 Å². The van der Waals surface area contributed by atoms with Crippen molar-refractivity contribution in [3.8, 4) is 0 Å². The highest BCUT2D eigenvalue weighted by Gasteiger charge is 2.19. The molecule has 0 N–H and O–H groups in total. The van der Waals surface area contributed by atoms with Crippen molar-refractivity contribution in [1.82, 2.24) is 14.9 Å². The highest BCUT2D eigenvalue weighted by atomic mass is 19.1. The summed E-state index contributed by atoms with van der Waals surface area (Å²) in [7, 11) is 0. The smallest absolute Gasteiger partial charge is 0.132 e. The molecule has 108 valence electrons. The van der Waals surface area contributed by atoms with E-state index in [2.05, 4.69) is 27.0 Å². The minimum Gasteiger partial charge on any atom is -0.292 e. The molecule has 1 aromatic heterocycles. The van der Waals surface area contributed by atoms with Crippen LogP contribution in [0.4, 0.5) is 4.39 Å². The lowest BCUT2D eigenvalue weighted by atomic mass is 10.0. The van der Waals surface area contributed by atoms with Crippen LogP contribution in [0.2, 0.25) is 0 Å². The first-order valence-electron chi connectivity index (χ1n) is 7.20. The van der Waals surface area contributed by atoms with E-state index in [0.29, 0.717) is 18.8 Å². The van der Waals surface area contributed by atoms with Gasteiger partial charge in [0.25, 0.3) is 0 Å². The number of hydrogen-bond donors (Lipinski definition) is 0. The van der Waals surface area contributed by atoms with Crippen LogP contribution in [0.15, 0.2) is 60.2 Å². The summed E-state index contributed by atoms with van der Waals surface area (Å²) in [6.45, 7) is 2.06. The van der Waals surface area contributed by atoms with Gasteiger partial charge in [0, 0.05) is 31.9 Å². The van der Waals surface area contributed by atoms with E-state index < -0.39 is 0 Å². The van der Waals surface area contributed by atoms with Crippen LogP contribution in [0, 0.1) is 0 Å². The van der Waals surface area contributed by atoms with Crippen LogP contribution < -0.4 is 0 Å². The molecule has 0 amide bonds. The Morgan fingerprint density at radius 1 is 1.05 bits per heavy atom. The quantitative estimate of drug-likeness (QED) is 0.863. The Labute approximate surface area is 124 Å². The van der Waals surface area contributed by atoms with Crippen molar-refractivity contribution in [3.63, 3.8) is 0 Å². The van der Waals surface area contributed by atoms with Gasteiger partial charge in [0.1, 0.15) is 11.7 Å². The normalized spacial score (nSPS) is 16.2. The molecule has 3 nitrogen and oxygen atoms in total. The van der Waals surface area contributed by atoms with E-state index in [4.69, 9.17) is 0 Å². The standard InChI is InChI=1S/C17H18FN3/c18-16-13-21(12-14-5-2-1-3-6-14)10-7-15(16)11-17-19-8-4-9-20-17/h1-6,8-9H,7,10-13H2. The molecule has 0 radical (unpaired) electrons. The van der Waals surface area contributed by atoms with Crippen molar-refractivity contribution in [1.29, 1.82) is 0 Å². The maximum absolute atomic E-state index is 14.3. The Hall–Kier alpha value is -2.07. The molecule has 0 bridgehead atoms. The van der Waals surface area contributed by atoms with Crippen LogP contribution in [0.1, 0.15) is 17.8 Å². The molecule has 0 spiro atoms. The monoisotopic (exact) mass is 283 g/mol. The minimum atomic E-state index is -0.0235. The van der Waals surface area contributed by atoms with Gasteiger partial charge in [-0.15, -0.1) is 0 Å². The van der Waals surface area contributed by atoms with Crippen molar-refractivity contribution in [2.24, 2.45) is 0 Å². The number of nitrogens with zero attached hydrogens (tertiary/aromatic N) is 3. The van der Waals surface area contributed by atoms with Gasteiger partial charge in [-0.3, -0.25) is 4.90 Å². The van der Waals surface area contributed by atoms with E-state index in [1.165, 1.54) is 5.56 Å². The Bertz CT molecular complexity index is 610. The van der Waals surface area contributed by atoms with Gasteiger partial charge in [-0.2, -0.15) is 0 Å². The summed E-state index contributed by atoms with van der Waals surface area (Å²) < 4.78 is 14.3. The Balaban J connectivity index is 1.63. The second-order valence-corrected chi connectivity index (χ2v) is 5.30. The van der Waals surface area contributed by atoms with Crippen molar-refractivity contribution < 1.29 is 4.39 Å². The van der Waals surface area contributed by atoms with Gasteiger partial charge in [0.15, 0.2) is 0 Å². The molecule has 3 rings (SSSR count). The molecule has 0 saturated carbocycles. The molecule has 2 heterocycles. The van der Waals surface area contributed by atoms with Gasteiger partial charge < -0.3 is 0 Å². The third kappa shape index (κ3) is 3.73. The van der Waals surface area contributed by atoms with Crippen molar-refractivity contribution >= 4 is 0 Å². The summed E-state index contributed by atoms with van der Waals surface area (Å²) in [5.41, 5.74) is 2.06. The second kappa shape index (κ2) is 6.59. The van der Waals surface area contributed by atoms with E-state index in [1.54, 1.807) is 18.5 Å². The lowest BCUT2D eigenvalue weighted by Crippen LogP contribution is -2.30. The molecule has 0 aliphatic carbocycles. The Morgan fingerprint density at radius 2 is 1.81 bits per heavy atom. The average Bonchev–Trinajstić information content (AvgIpc) is 2.52. The van der Waals surface area contributed by atoms with Gasteiger partial charge in [0.05, 0.1) is 6.54 Å². The van der Waals surface area contributed by atoms with Gasteiger partial charge in [-0.05, 0) is 23.6 Å². The first kappa shape index (κ1) is 13.9. The first-order valence-corrected chi connectivity index (χ1v) is 7.20. The molecule has 2 aromatic rings. The molecule has 0 saturated heterocycles. The largest absolute Gasteiger partial charge is 0.292 e. The lowest BCUT2D eigenvalue weighted by molar-refractivity contribution is 0.251. The SMILES string of the molecule is FC1=C(Cc2ncccn2)CCN(Cc2ccccc2)C1. The predicted octanol–water partition coefficient (Wildman–Crippen LogP) is 3.15. The fraction of sp³-hybridized carbons (Fsp3) is 0.294. The van der Waals surface area contributed by atoms with E-state index in [1.807, 2.05) is 18.2 Å². The van der Waals surface area contributed by atoms with Crippen LogP contribution in [-0.2, 0) is 13.0 Å². The zero-order chi connectivity index (χ0) is 14.5. The van der Waals surface area contributed by atoms with E-state index >= 15 is 0 Å². The average molecular weight is 283 g/mol. The molecule has 0 atom stereocenters.